The van der Waals surface area contributed by atoms with Crippen molar-refractivity contribution >= 4 is 0 Å². The van der Waals surface area contributed by atoms with Gasteiger partial charge in [-0.2, -0.15) is 0 Å². The minimum absolute atomic E-state index is 0.175. The summed E-state index contributed by atoms with van der Waals surface area (Å²) in [5.74, 6) is 0. The van der Waals surface area contributed by atoms with Crippen LogP contribution in [0.2, 0.25) is 0 Å². The van der Waals surface area contributed by atoms with Gasteiger partial charge in [0.2, 0.25) is 0 Å². The Labute approximate surface area is 179 Å². The molecule has 1 aromatic rings. The molecule has 0 fully saturated rings. The van der Waals surface area contributed by atoms with Crippen LogP contribution in [0.25, 0.3) is 0 Å². The third-order valence-electron chi connectivity index (χ3n) is 7.93. The zero-order valence-electron chi connectivity index (χ0n) is 19.8. The van der Waals surface area contributed by atoms with Crippen LogP contribution in [0, 0.1) is 34.2 Å². The van der Waals surface area contributed by atoms with Crippen LogP contribution in [0.15, 0.2) is 58.2 Å². The van der Waals surface area contributed by atoms with Crippen molar-refractivity contribution in [3.63, 3.8) is 0 Å². The highest BCUT2D eigenvalue weighted by Crippen LogP contribution is 2.63. The minimum atomic E-state index is 0.175. The Morgan fingerprint density at radius 1 is 0.621 bits per heavy atom. The van der Waals surface area contributed by atoms with E-state index in [1.165, 1.54) is 36.8 Å². The summed E-state index contributed by atoms with van der Waals surface area (Å²) < 4.78 is 0. The Morgan fingerprint density at radius 2 is 1.03 bits per heavy atom. The van der Waals surface area contributed by atoms with Crippen LogP contribution in [0.3, 0.4) is 0 Å². The van der Waals surface area contributed by atoms with Crippen LogP contribution in [0.5, 0.6) is 0 Å². The smallest absolute Gasteiger partial charge is 0.122 e. The van der Waals surface area contributed by atoms with E-state index in [1.54, 1.807) is 22.3 Å². The highest BCUT2D eigenvalue weighted by molar-refractivity contribution is 5.67. The Balaban J connectivity index is 2.06. The first kappa shape index (κ1) is 20.5. The highest BCUT2D eigenvalue weighted by atomic mass is 14.5. The second kappa shape index (κ2) is 6.36. The van der Waals surface area contributed by atoms with Crippen molar-refractivity contribution in [2.75, 3.05) is 0 Å². The molecule has 154 valence electrons. The first-order valence-corrected chi connectivity index (χ1v) is 11.4. The zero-order chi connectivity index (χ0) is 21.2. The number of benzene rings is 1. The van der Waals surface area contributed by atoms with Gasteiger partial charge in [-0.05, 0) is 82.4 Å². The van der Waals surface area contributed by atoms with Crippen LogP contribution in [-0.2, 0) is 0 Å². The van der Waals surface area contributed by atoms with Crippen LogP contribution in [0.1, 0.15) is 86.6 Å². The molecule has 0 N–H and O–H groups in total. The lowest BCUT2D eigenvalue weighted by atomic mass is 9.51. The second-order valence-electron chi connectivity index (χ2n) is 12.1. The summed E-state index contributed by atoms with van der Waals surface area (Å²) in [5, 5.41) is 0. The molecule has 0 radical (unpaired) electrons. The van der Waals surface area contributed by atoms with Gasteiger partial charge in [0.1, 0.15) is 11.1 Å². The average molecular weight is 387 g/mol. The van der Waals surface area contributed by atoms with Crippen molar-refractivity contribution in [3.05, 3.63) is 76.3 Å². The molecular formula is C29H38. The maximum absolute atomic E-state index is 3.95. The summed E-state index contributed by atoms with van der Waals surface area (Å²) >= 11 is 0. The molecule has 29 heavy (non-hydrogen) atoms. The summed E-state index contributed by atoms with van der Waals surface area (Å²) in [6, 6.07) is 10.8. The fourth-order valence-corrected chi connectivity index (χ4v) is 5.72. The lowest BCUT2D eigenvalue weighted by Crippen LogP contribution is -2.41. The maximum atomic E-state index is 3.95. The monoisotopic (exact) mass is 386 g/mol. The van der Waals surface area contributed by atoms with Gasteiger partial charge in [0.25, 0.3) is 0 Å². The third kappa shape index (κ3) is 3.30. The molecule has 0 saturated heterocycles. The van der Waals surface area contributed by atoms with Gasteiger partial charge in [-0.3, -0.25) is 0 Å². The quantitative estimate of drug-likeness (QED) is 0.426. The SMILES string of the molecule is CC1(C)CCC(C)(C)C2=C1[CH-]C1=C(C2=[C+]c2ccccc2)C(C)(C)CCC1(C)C. The summed E-state index contributed by atoms with van der Waals surface area (Å²) in [6.45, 7) is 19.6. The van der Waals surface area contributed by atoms with E-state index < -0.39 is 0 Å². The van der Waals surface area contributed by atoms with Gasteiger partial charge < -0.3 is 0 Å². The van der Waals surface area contributed by atoms with Crippen molar-refractivity contribution in [2.45, 2.75) is 81.1 Å². The molecule has 1 aromatic carbocycles. The first-order chi connectivity index (χ1) is 13.4. The van der Waals surface area contributed by atoms with E-state index >= 15 is 0 Å². The lowest BCUT2D eigenvalue weighted by molar-refractivity contribution is 0.239. The van der Waals surface area contributed by atoms with Crippen molar-refractivity contribution < 1.29 is 0 Å². The molecule has 0 spiro atoms. The van der Waals surface area contributed by atoms with Crippen molar-refractivity contribution in [1.82, 2.24) is 0 Å². The predicted octanol–water partition coefficient (Wildman–Crippen LogP) is 8.27. The maximum Gasteiger partial charge on any atom is 0.128 e. The van der Waals surface area contributed by atoms with Gasteiger partial charge in [-0.1, -0.05) is 38.8 Å². The number of allylic oxidation sites excluding steroid dienone is 5. The molecule has 0 aromatic heterocycles. The summed E-state index contributed by atoms with van der Waals surface area (Å²) in [7, 11) is 0. The Hall–Kier alpha value is -1.78. The van der Waals surface area contributed by atoms with Crippen molar-refractivity contribution in [3.8, 4) is 0 Å². The van der Waals surface area contributed by atoms with Crippen LogP contribution in [-0.4, -0.2) is 0 Å². The topological polar surface area (TPSA) is 0 Å². The van der Waals surface area contributed by atoms with Gasteiger partial charge in [0, 0.05) is 40.2 Å². The van der Waals surface area contributed by atoms with Gasteiger partial charge in [-0.15, -0.1) is 6.42 Å². The van der Waals surface area contributed by atoms with Crippen LogP contribution < -0.4 is 0 Å². The fraction of sp³-hybridized carbons (Fsp3) is 0.552. The molecule has 0 saturated carbocycles. The average Bonchev–Trinajstić information content (AvgIpc) is 2.63. The summed E-state index contributed by atoms with van der Waals surface area (Å²) in [6.07, 6.45) is 11.5. The molecule has 0 amide bonds. The molecule has 3 aliphatic carbocycles. The summed E-state index contributed by atoms with van der Waals surface area (Å²) in [5.41, 5.74) is 9.62. The molecule has 0 aliphatic heterocycles. The number of rotatable bonds is 1. The molecule has 0 bridgehead atoms. The largest absolute Gasteiger partial charge is 0.128 e. The molecule has 4 rings (SSSR count). The van der Waals surface area contributed by atoms with E-state index in [4.69, 9.17) is 0 Å². The zero-order valence-corrected chi connectivity index (χ0v) is 19.8. The molecule has 0 heterocycles. The van der Waals surface area contributed by atoms with Crippen LogP contribution >= 0.6 is 0 Å². The minimum Gasteiger partial charge on any atom is -0.122 e. The second-order valence-corrected chi connectivity index (χ2v) is 12.1. The van der Waals surface area contributed by atoms with Gasteiger partial charge in [0.15, 0.2) is 0 Å². The van der Waals surface area contributed by atoms with Gasteiger partial charge >= 0.3 is 0 Å². The predicted molar refractivity (Wildman–Crippen MR) is 124 cm³/mol. The van der Waals surface area contributed by atoms with Gasteiger partial charge in [-0.25, -0.2) is 0 Å². The fourth-order valence-electron chi connectivity index (χ4n) is 5.72. The van der Waals surface area contributed by atoms with Crippen LogP contribution in [0.4, 0.5) is 0 Å². The Morgan fingerprint density at radius 3 is 1.48 bits per heavy atom. The standard InChI is InChI=1S/C29H38/c1-26(2)14-16-28(5,6)24-21(18-20-12-10-9-11-13-20)25-23(19-22(24)26)27(3,4)15-17-29(25,7)8/h9-13,19H,14-17H2,1-8H3. The Bertz CT molecular complexity index is 856. The summed E-state index contributed by atoms with van der Waals surface area (Å²) in [4.78, 5) is 0. The van der Waals surface area contributed by atoms with E-state index in [1.807, 2.05) is 0 Å². The van der Waals surface area contributed by atoms with Crippen molar-refractivity contribution in [1.29, 1.82) is 0 Å². The van der Waals surface area contributed by atoms with E-state index in [-0.39, 0.29) is 21.7 Å². The Kier molecular flexibility index (Phi) is 4.49. The molecular weight excluding hydrogens is 348 g/mol. The first-order valence-electron chi connectivity index (χ1n) is 11.4. The number of hydrogen-bond acceptors (Lipinski definition) is 0. The molecule has 0 unspecified atom stereocenters. The normalized spacial score (nSPS) is 26.3. The molecule has 0 atom stereocenters. The molecule has 0 heteroatoms. The van der Waals surface area contributed by atoms with E-state index in [0.717, 1.165) is 0 Å². The number of hydrogen-bond donors (Lipinski definition) is 0. The van der Waals surface area contributed by atoms with Gasteiger partial charge in [0.05, 0.1) is 0 Å². The highest BCUT2D eigenvalue weighted by Gasteiger charge is 2.52. The third-order valence-corrected chi connectivity index (χ3v) is 7.93. The van der Waals surface area contributed by atoms with Crippen molar-refractivity contribution in [2.24, 2.45) is 21.7 Å². The lowest BCUT2D eigenvalue weighted by Gasteiger charge is -2.52. The van der Waals surface area contributed by atoms with E-state index in [9.17, 15) is 0 Å². The molecule has 0 nitrogen and oxygen atoms in total. The van der Waals surface area contributed by atoms with E-state index in [2.05, 4.69) is 98.2 Å². The van der Waals surface area contributed by atoms with E-state index in [0.29, 0.717) is 0 Å². The molecule has 3 aliphatic rings.